The van der Waals surface area contributed by atoms with E-state index in [1.165, 1.54) is 212 Å². The topological polar surface area (TPSA) is 108 Å². The van der Waals surface area contributed by atoms with E-state index in [9.17, 15) is 19.4 Å². The van der Waals surface area contributed by atoms with E-state index >= 15 is 0 Å². The van der Waals surface area contributed by atoms with Gasteiger partial charge in [-0.25, -0.2) is 0 Å². The van der Waals surface area contributed by atoms with E-state index in [0.29, 0.717) is 23.9 Å². The van der Waals surface area contributed by atoms with Crippen LogP contribution in [0.4, 0.5) is 0 Å². The zero-order valence-corrected chi connectivity index (χ0v) is 46.3. The number of quaternary nitrogens is 1. The molecule has 0 bridgehead atoms. The average Bonchev–Trinajstić information content (AvgIpc) is 3.29. The van der Waals surface area contributed by atoms with E-state index in [0.717, 1.165) is 51.4 Å². The lowest BCUT2D eigenvalue weighted by atomic mass is 10.0. The Hall–Kier alpha value is -1.02. The number of carbonyl (C=O) groups is 1. The molecule has 0 aliphatic rings. The second-order valence-corrected chi connectivity index (χ2v) is 22.8. The Morgan fingerprint density at radius 2 is 0.866 bits per heavy atom. The third-order valence-electron chi connectivity index (χ3n) is 13.4. The molecule has 0 saturated carbocycles. The summed E-state index contributed by atoms with van der Waals surface area (Å²) in [6, 6.07) is -0.804. The van der Waals surface area contributed by atoms with Gasteiger partial charge in [0, 0.05) is 6.42 Å². The Kier molecular flexibility index (Phi) is 49.2. The van der Waals surface area contributed by atoms with Gasteiger partial charge in [-0.15, -0.1) is 0 Å². The second-order valence-electron chi connectivity index (χ2n) is 21.4. The van der Waals surface area contributed by atoms with Crippen LogP contribution in [0.1, 0.15) is 290 Å². The summed E-state index contributed by atoms with van der Waals surface area (Å²) < 4.78 is 23.4. The quantitative estimate of drug-likeness (QED) is 0.0272. The molecule has 1 amide bonds. The van der Waals surface area contributed by atoms with Gasteiger partial charge in [-0.1, -0.05) is 263 Å². The number of hydrogen-bond acceptors (Lipinski definition) is 6. The van der Waals surface area contributed by atoms with Crippen molar-refractivity contribution in [2.24, 2.45) is 0 Å². The monoisotopic (exact) mass is 967 g/mol. The van der Waals surface area contributed by atoms with Gasteiger partial charge >= 0.3 is 0 Å². The van der Waals surface area contributed by atoms with Crippen molar-refractivity contribution in [3.05, 3.63) is 24.3 Å². The molecule has 2 N–H and O–H groups in total. The third kappa shape index (κ3) is 52.6. The minimum Gasteiger partial charge on any atom is -0.756 e. The number of unbranched alkanes of at least 4 members (excludes halogenated alkanes) is 37. The molecular weight excluding hydrogens is 852 g/mol. The molecule has 0 heterocycles. The summed E-state index contributed by atoms with van der Waals surface area (Å²) in [7, 11) is 1.31. The van der Waals surface area contributed by atoms with Crippen LogP contribution in [0.25, 0.3) is 0 Å². The highest BCUT2D eigenvalue weighted by atomic mass is 31.2. The first kappa shape index (κ1) is 66.0. The van der Waals surface area contributed by atoms with E-state index in [4.69, 9.17) is 9.05 Å². The molecule has 8 nitrogen and oxygen atoms in total. The Labute approximate surface area is 417 Å². The maximum Gasteiger partial charge on any atom is 0.268 e. The van der Waals surface area contributed by atoms with Crippen LogP contribution in [0.5, 0.6) is 0 Å². The maximum absolute atomic E-state index is 13.0. The third-order valence-corrected chi connectivity index (χ3v) is 14.4. The molecule has 67 heavy (non-hydrogen) atoms. The van der Waals surface area contributed by atoms with Crippen molar-refractivity contribution in [3.63, 3.8) is 0 Å². The van der Waals surface area contributed by atoms with Gasteiger partial charge in [0.05, 0.1) is 39.9 Å². The van der Waals surface area contributed by atoms with Crippen molar-refractivity contribution in [3.8, 4) is 0 Å². The van der Waals surface area contributed by atoms with Crippen molar-refractivity contribution < 1.29 is 32.9 Å². The van der Waals surface area contributed by atoms with Crippen LogP contribution in [0.2, 0.25) is 0 Å². The molecule has 0 saturated heterocycles. The van der Waals surface area contributed by atoms with Gasteiger partial charge in [0.2, 0.25) is 5.91 Å². The fraction of sp³-hybridized carbons (Fsp3) is 0.914. The molecule has 0 aliphatic heterocycles. The van der Waals surface area contributed by atoms with Crippen LogP contribution in [-0.2, 0) is 18.4 Å². The lowest BCUT2D eigenvalue weighted by Crippen LogP contribution is -2.46. The molecule has 0 radical (unpaired) electrons. The lowest BCUT2D eigenvalue weighted by molar-refractivity contribution is -0.870. The van der Waals surface area contributed by atoms with Crippen LogP contribution in [-0.4, -0.2) is 68.5 Å². The summed E-state index contributed by atoms with van der Waals surface area (Å²) in [5.41, 5.74) is 0. The van der Waals surface area contributed by atoms with Gasteiger partial charge in [-0.05, 0) is 44.9 Å². The zero-order valence-electron chi connectivity index (χ0n) is 45.4. The summed E-state index contributed by atoms with van der Waals surface area (Å²) in [5, 5.41) is 14.0. The van der Waals surface area contributed by atoms with Gasteiger partial charge in [-0.3, -0.25) is 9.36 Å². The molecule has 3 unspecified atom stereocenters. The van der Waals surface area contributed by atoms with Gasteiger partial charge in [0.25, 0.3) is 7.82 Å². The Balaban J connectivity index is 4.12. The Bertz CT molecular complexity index is 1140. The predicted octanol–water partition coefficient (Wildman–Crippen LogP) is 17.0. The number of amides is 1. The smallest absolute Gasteiger partial charge is 0.268 e. The number of aliphatic hydroxyl groups is 1. The molecule has 0 rings (SSSR count). The predicted molar refractivity (Wildman–Crippen MR) is 289 cm³/mol. The molecule has 9 heteroatoms. The number of allylic oxidation sites excluding steroid dienone is 4. The second kappa shape index (κ2) is 49.9. The van der Waals surface area contributed by atoms with E-state index < -0.39 is 20.0 Å². The molecule has 0 spiro atoms. The fourth-order valence-corrected chi connectivity index (χ4v) is 9.56. The first-order chi connectivity index (χ1) is 32.5. The summed E-state index contributed by atoms with van der Waals surface area (Å²) in [4.78, 5) is 25.5. The Morgan fingerprint density at radius 3 is 1.25 bits per heavy atom. The molecular formula is C58H115N2O6P. The van der Waals surface area contributed by atoms with Crippen LogP contribution in [0, 0.1) is 0 Å². The van der Waals surface area contributed by atoms with E-state index in [1.54, 1.807) is 0 Å². The zero-order chi connectivity index (χ0) is 49.2. The highest BCUT2D eigenvalue weighted by Crippen LogP contribution is 2.38. The first-order valence-corrected chi connectivity index (χ1v) is 30.6. The highest BCUT2D eigenvalue weighted by Gasteiger charge is 2.24. The van der Waals surface area contributed by atoms with Gasteiger partial charge in [0.1, 0.15) is 13.2 Å². The van der Waals surface area contributed by atoms with Gasteiger partial charge in [0.15, 0.2) is 0 Å². The number of aliphatic hydroxyl groups excluding tert-OH is 1. The van der Waals surface area contributed by atoms with Crippen molar-refractivity contribution in [2.45, 2.75) is 302 Å². The van der Waals surface area contributed by atoms with Crippen LogP contribution >= 0.6 is 7.82 Å². The van der Waals surface area contributed by atoms with Crippen LogP contribution < -0.4 is 10.2 Å². The summed E-state index contributed by atoms with van der Waals surface area (Å²) >= 11 is 0. The summed E-state index contributed by atoms with van der Waals surface area (Å²) in [6.45, 7) is 4.74. The number of hydrogen-bond donors (Lipinski definition) is 2. The molecule has 398 valence electrons. The van der Waals surface area contributed by atoms with E-state index in [-0.39, 0.29) is 19.1 Å². The highest BCUT2D eigenvalue weighted by molar-refractivity contribution is 7.45. The largest absolute Gasteiger partial charge is 0.756 e. The number of phosphoric acid groups is 1. The molecule has 3 atom stereocenters. The van der Waals surface area contributed by atoms with Crippen molar-refractivity contribution in [1.82, 2.24) is 5.32 Å². The van der Waals surface area contributed by atoms with E-state index in [2.05, 4.69) is 43.5 Å². The van der Waals surface area contributed by atoms with Gasteiger partial charge < -0.3 is 28.8 Å². The minimum absolute atomic E-state index is 0.0116. The maximum atomic E-state index is 13.0. The average molecular weight is 968 g/mol. The number of carbonyl (C=O) groups excluding carboxylic acids is 1. The lowest BCUT2D eigenvalue weighted by Gasteiger charge is -2.30. The minimum atomic E-state index is -4.57. The fourth-order valence-electron chi connectivity index (χ4n) is 8.84. The molecule has 0 aliphatic carbocycles. The first-order valence-electron chi connectivity index (χ1n) is 29.2. The number of nitrogens with zero attached hydrogens (tertiary/aromatic N) is 1. The van der Waals surface area contributed by atoms with Gasteiger partial charge in [-0.2, -0.15) is 0 Å². The van der Waals surface area contributed by atoms with Crippen molar-refractivity contribution in [1.29, 1.82) is 0 Å². The molecule has 0 aromatic rings. The number of rotatable bonds is 54. The SMILES string of the molecule is CCCCCC/C=C\C/C=C\CCCCCCCCCC(=O)NC(COP(=O)([O-])OCC[N+](C)(C)C)C(O)CCCCCCCCCCCCCCCCCCCCCCCCCCCCC. The number of nitrogens with one attached hydrogen (secondary N) is 1. The summed E-state index contributed by atoms with van der Waals surface area (Å²) in [6.07, 6.45) is 62.1. The number of phosphoric ester groups is 1. The normalized spacial score (nSPS) is 14.1. The number of likely N-dealkylation sites (N-methyl/N-ethyl adjacent to an activating group) is 1. The summed E-state index contributed by atoms with van der Waals surface area (Å²) in [5.74, 6) is -0.169. The van der Waals surface area contributed by atoms with Crippen LogP contribution in [0.3, 0.4) is 0 Å². The van der Waals surface area contributed by atoms with Crippen molar-refractivity contribution >= 4 is 13.7 Å². The van der Waals surface area contributed by atoms with Crippen LogP contribution in [0.15, 0.2) is 24.3 Å². The van der Waals surface area contributed by atoms with E-state index in [1.807, 2.05) is 21.1 Å². The van der Waals surface area contributed by atoms with Crippen molar-refractivity contribution in [2.75, 3.05) is 40.9 Å². The molecule has 0 aromatic heterocycles. The standard InChI is InChI=1S/C58H115N2O6P/c1-6-8-10-12-14-16-18-20-22-24-26-27-28-29-30-31-32-33-34-35-37-39-41-43-45-47-49-51-57(61)56(55-66-67(63,64)65-54-53-60(3,4)5)59-58(62)52-50-48-46-44-42-40-38-36-25-23-21-19-17-15-13-11-9-7-2/h17,19,23,25,56-57,61H,6-16,18,20-22,24,26-55H2,1-5H3,(H-,59,62,63,64)/b19-17-,25-23-. The Morgan fingerprint density at radius 1 is 0.522 bits per heavy atom. The molecule has 0 aromatic carbocycles. The molecule has 0 fully saturated rings.